The zero-order valence-electron chi connectivity index (χ0n) is 12.5. The van der Waals surface area contributed by atoms with Crippen LogP contribution in [-0.4, -0.2) is 36.0 Å². The lowest BCUT2D eigenvalue weighted by atomic mass is 10.2. The summed E-state index contributed by atoms with van der Waals surface area (Å²) in [6, 6.07) is 8.09. The molecule has 0 bridgehead atoms. The molecule has 21 heavy (non-hydrogen) atoms. The fraction of sp³-hybridized carbons (Fsp3) is 0.438. The number of ether oxygens (including phenoxy) is 1. The Morgan fingerprint density at radius 2 is 2.24 bits per heavy atom. The van der Waals surface area contributed by atoms with Crippen LogP contribution in [-0.2, 0) is 11.2 Å². The van der Waals surface area contributed by atoms with Crippen LogP contribution < -0.4 is 5.32 Å². The number of nitrogens with one attached hydrogen (secondary N) is 1. The Morgan fingerprint density at radius 3 is 2.95 bits per heavy atom. The van der Waals surface area contributed by atoms with Gasteiger partial charge in [-0.25, -0.2) is 4.98 Å². The number of hydrogen-bond acceptors (Lipinski definition) is 5. The normalized spacial score (nSPS) is 12.3. The highest BCUT2D eigenvalue weighted by Crippen LogP contribution is 2.12. The zero-order valence-corrected chi connectivity index (χ0v) is 13.3. The van der Waals surface area contributed by atoms with Crippen molar-refractivity contribution in [1.82, 2.24) is 4.98 Å². The first-order chi connectivity index (χ1) is 10.1. The number of nitrogens with zero attached hydrogens (tertiary/aromatic N) is 1. The molecule has 0 aliphatic heterocycles. The number of aromatic nitrogens is 1. The Morgan fingerprint density at radius 1 is 1.38 bits per heavy atom. The summed E-state index contributed by atoms with van der Waals surface area (Å²) >= 11 is 1.65. The molecule has 0 spiro atoms. The van der Waals surface area contributed by atoms with Gasteiger partial charge >= 0.3 is 0 Å². The van der Waals surface area contributed by atoms with Crippen LogP contribution >= 0.6 is 11.3 Å². The van der Waals surface area contributed by atoms with Crippen LogP contribution in [0.25, 0.3) is 0 Å². The van der Waals surface area contributed by atoms with Gasteiger partial charge in [-0.1, -0.05) is 12.1 Å². The van der Waals surface area contributed by atoms with Gasteiger partial charge in [-0.3, -0.25) is 0 Å². The second-order valence-corrected chi connectivity index (χ2v) is 6.03. The minimum absolute atomic E-state index is 0.344. The molecule has 1 aromatic heterocycles. The number of aliphatic hydroxyl groups is 1. The Hall–Kier alpha value is -1.43. The van der Waals surface area contributed by atoms with Gasteiger partial charge in [0.15, 0.2) is 0 Å². The van der Waals surface area contributed by atoms with Gasteiger partial charge in [-0.05, 0) is 31.5 Å². The minimum Gasteiger partial charge on any atom is -0.389 e. The lowest BCUT2D eigenvalue weighted by Gasteiger charge is -2.13. The lowest BCUT2D eigenvalue weighted by molar-refractivity contribution is 0.0449. The predicted octanol–water partition coefficient (Wildman–Crippen LogP) is 2.79. The fourth-order valence-electron chi connectivity index (χ4n) is 2.00. The van der Waals surface area contributed by atoms with Crippen molar-refractivity contribution < 1.29 is 9.84 Å². The summed E-state index contributed by atoms with van der Waals surface area (Å²) < 4.78 is 5.52. The van der Waals surface area contributed by atoms with Crippen molar-refractivity contribution in [1.29, 1.82) is 0 Å². The van der Waals surface area contributed by atoms with Crippen LogP contribution in [0.3, 0.4) is 0 Å². The van der Waals surface area contributed by atoms with Crippen LogP contribution in [0.1, 0.15) is 16.1 Å². The van der Waals surface area contributed by atoms with E-state index in [4.69, 9.17) is 4.74 Å². The SMILES string of the molecule is Cc1cccc(NCC(O)COCCc2scnc2C)c1. The smallest absolute Gasteiger partial charge is 0.0945 e. The molecule has 0 aliphatic carbocycles. The van der Waals surface area contributed by atoms with Crippen molar-refractivity contribution in [2.24, 2.45) is 0 Å². The summed E-state index contributed by atoms with van der Waals surface area (Å²) in [6.07, 6.45) is 0.349. The highest BCUT2D eigenvalue weighted by Gasteiger charge is 2.06. The largest absolute Gasteiger partial charge is 0.389 e. The number of hydrogen-bond donors (Lipinski definition) is 2. The third-order valence-corrected chi connectivity index (χ3v) is 4.18. The minimum atomic E-state index is -0.506. The Balaban J connectivity index is 1.61. The Kier molecular flexibility index (Phi) is 6.17. The number of anilines is 1. The molecule has 4 nitrogen and oxygen atoms in total. The van der Waals surface area contributed by atoms with E-state index in [9.17, 15) is 5.11 Å². The van der Waals surface area contributed by atoms with Gasteiger partial charge in [-0.15, -0.1) is 11.3 Å². The number of aliphatic hydroxyl groups excluding tert-OH is 1. The molecule has 0 saturated heterocycles. The Bertz CT molecular complexity index is 557. The number of rotatable bonds is 8. The molecule has 0 amide bonds. The van der Waals surface area contributed by atoms with E-state index in [1.807, 2.05) is 37.6 Å². The maximum absolute atomic E-state index is 9.89. The second-order valence-electron chi connectivity index (χ2n) is 5.09. The molecule has 1 unspecified atom stereocenters. The second kappa shape index (κ2) is 8.12. The fourth-order valence-corrected chi connectivity index (χ4v) is 2.76. The summed E-state index contributed by atoms with van der Waals surface area (Å²) in [5.41, 5.74) is 5.15. The molecule has 5 heteroatoms. The maximum atomic E-state index is 9.89. The first-order valence-electron chi connectivity index (χ1n) is 7.10. The molecule has 114 valence electrons. The average molecular weight is 306 g/mol. The average Bonchev–Trinajstić information content (AvgIpc) is 2.87. The first-order valence-corrected chi connectivity index (χ1v) is 7.98. The molecule has 2 N–H and O–H groups in total. The van der Waals surface area contributed by atoms with E-state index in [1.165, 1.54) is 10.4 Å². The number of aryl methyl sites for hydroxylation is 2. The molecule has 2 rings (SSSR count). The van der Waals surface area contributed by atoms with Gasteiger partial charge < -0.3 is 15.2 Å². The molecular formula is C16H22N2O2S. The van der Waals surface area contributed by atoms with Crippen molar-refractivity contribution in [3.63, 3.8) is 0 Å². The van der Waals surface area contributed by atoms with Crippen molar-refractivity contribution >= 4 is 17.0 Å². The van der Waals surface area contributed by atoms with E-state index < -0.39 is 6.10 Å². The highest BCUT2D eigenvalue weighted by atomic mass is 32.1. The maximum Gasteiger partial charge on any atom is 0.0945 e. The van der Waals surface area contributed by atoms with Crippen LogP contribution in [0.2, 0.25) is 0 Å². The Labute approximate surface area is 129 Å². The quantitative estimate of drug-likeness (QED) is 0.736. The summed E-state index contributed by atoms with van der Waals surface area (Å²) in [7, 11) is 0. The van der Waals surface area contributed by atoms with E-state index in [0.29, 0.717) is 19.8 Å². The van der Waals surface area contributed by atoms with Crippen molar-refractivity contribution in [2.75, 3.05) is 25.1 Å². The van der Waals surface area contributed by atoms with E-state index in [2.05, 4.69) is 16.4 Å². The topological polar surface area (TPSA) is 54.4 Å². The van der Waals surface area contributed by atoms with Crippen LogP contribution in [0.4, 0.5) is 5.69 Å². The molecule has 0 aliphatic rings. The van der Waals surface area contributed by atoms with E-state index in [1.54, 1.807) is 11.3 Å². The molecule has 0 radical (unpaired) electrons. The highest BCUT2D eigenvalue weighted by molar-refractivity contribution is 7.09. The summed E-state index contributed by atoms with van der Waals surface area (Å²) in [5.74, 6) is 0. The van der Waals surface area contributed by atoms with Gasteiger partial charge in [0.05, 0.1) is 30.5 Å². The summed E-state index contributed by atoms with van der Waals surface area (Å²) in [4.78, 5) is 5.46. The van der Waals surface area contributed by atoms with Gasteiger partial charge in [0.25, 0.3) is 0 Å². The van der Waals surface area contributed by atoms with Crippen molar-refractivity contribution in [3.8, 4) is 0 Å². The van der Waals surface area contributed by atoms with Crippen molar-refractivity contribution in [2.45, 2.75) is 26.4 Å². The summed E-state index contributed by atoms with van der Waals surface area (Å²) in [5, 5.41) is 13.1. The van der Waals surface area contributed by atoms with Crippen LogP contribution in [0.5, 0.6) is 0 Å². The van der Waals surface area contributed by atoms with Crippen LogP contribution in [0.15, 0.2) is 29.8 Å². The number of benzene rings is 1. The molecule has 2 aromatic rings. The molecule has 1 atom stereocenters. The molecule has 1 heterocycles. The van der Waals surface area contributed by atoms with Gasteiger partial charge in [0, 0.05) is 23.5 Å². The molecule has 1 aromatic carbocycles. The predicted molar refractivity (Wildman–Crippen MR) is 87.0 cm³/mol. The van der Waals surface area contributed by atoms with Gasteiger partial charge in [0.2, 0.25) is 0 Å². The third-order valence-electron chi connectivity index (χ3n) is 3.19. The van der Waals surface area contributed by atoms with E-state index >= 15 is 0 Å². The monoisotopic (exact) mass is 306 g/mol. The van der Waals surface area contributed by atoms with Crippen LogP contribution in [0, 0.1) is 13.8 Å². The van der Waals surface area contributed by atoms with Gasteiger partial charge in [-0.2, -0.15) is 0 Å². The standard InChI is InChI=1S/C16H22N2O2S/c1-12-4-3-5-14(8-12)17-9-15(19)10-20-7-6-16-13(2)18-11-21-16/h3-5,8,11,15,17,19H,6-7,9-10H2,1-2H3. The lowest BCUT2D eigenvalue weighted by Crippen LogP contribution is -2.25. The molecular weight excluding hydrogens is 284 g/mol. The molecule has 0 saturated carbocycles. The molecule has 0 fully saturated rings. The third kappa shape index (κ3) is 5.46. The number of thiazole rings is 1. The van der Waals surface area contributed by atoms with Crippen molar-refractivity contribution in [3.05, 3.63) is 45.9 Å². The van der Waals surface area contributed by atoms with Gasteiger partial charge in [0.1, 0.15) is 0 Å². The zero-order chi connectivity index (χ0) is 15.1. The first kappa shape index (κ1) is 15.9. The van der Waals surface area contributed by atoms with E-state index in [-0.39, 0.29) is 0 Å². The summed E-state index contributed by atoms with van der Waals surface area (Å²) in [6.45, 7) is 5.50. The van der Waals surface area contributed by atoms with E-state index in [0.717, 1.165) is 17.8 Å².